The van der Waals surface area contributed by atoms with E-state index in [0.29, 0.717) is 24.5 Å². The minimum absolute atomic E-state index is 0.00347. The second kappa shape index (κ2) is 8.78. The number of aryl methyl sites for hydroxylation is 1. The summed E-state index contributed by atoms with van der Waals surface area (Å²) < 4.78 is 5.71. The fraction of sp³-hybridized carbons (Fsp3) is 0.417. The van der Waals surface area contributed by atoms with Crippen molar-refractivity contribution in [2.45, 2.75) is 26.7 Å². The highest BCUT2D eigenvalue weighted by atomic mass is 16.5. The number of benzene rings is 2. The average Bonchev–Trinajstić information content (AvgIpc) is 3.60. The lowest BCUT2D eigenvalue weighted by atomic mass is 10.1. The number of hydrogen-bond donors (Lipinski definition) is 1. The van der Waals surface area contributed by atoms with Crippen molar-refractivity contribution in [2.75, 3.05) is 43.0 Å². The highest BCUT2D eigenvalue weighted by molar-refractivity contribution is 5.94. The molecule has 158 valence electrons. The van der Waals surface area contributed by atoms with Crippen LogP contribution in [-0.4, -0.2) is 49.5 Å². The van der Waals surface area contributed by atoms with Crippen molar-refractivity contribution < 1.29 is 14.3 Å². The summed E-state index contributed by atoms with van der Waals surface area (Å²) in [4.78, 5) is 28.7. The van der Waals surface area contributed by atoms with Crippen LogP contribution in [0.2, 0.25) is 0 Å². The lowest BCUT2D eigenvalue weighted by molar-refractivity contribution is -0.133. The first-order valence-electron chi connectivity index (χ1n) is 10.6. The zero-order valence-corrected chi connectivity index (χ0v) is 17.7. The van der Waals surface area contributed by atoms with Crippen molar-refractivity contribution in [2.24, 2.45) is 5.92 Å². The molecule has 0 spiro atoms. The van der Waals surface area contributed by atoms with Crippen molar-refractivity contribution in [3.63, 3.8) is 0 Å². The van der Waals surface area contributed by atoms with Gasteiger partial charge in [-0.1, -0.05) is 18.2 Å². The predicted octanol–water partition coefficient (Wildman–Crippen LogP) is 3.38. The molecule has 0 radical (unpaired) electrons. The molecule has 2 fully saturated rings. The van der Waals surface area contributed by atoms with Gasteiger partial charge in [0.2, 0.25) is 5.91 Å². The van der Waals surface area contributed by atoms with E-state index in [2.05, 4.69) is 42.3 Å². The zero-order valence-electron chi connectivity index (χ0n) is 17.7. The zero-order chi connectivity index (χ0) is 21.1. The first kappa shape index (κ1) is 20.3. The van der Waals surface area contributed by atoms with Crippen LogP contribution >= 0.6 is 0 Å². The summed E-state index contributed by atoms with van der Waals surface area (Å²) in [5, 5.41) is 2.90. The monoisotopic (exact) mass is 407 g/mol. The Morgan fingerprint density at radius 2 is 1.77 bits per heavy atom. The number of carbonyl (C=O) groups is 2. The second-order valence-corrected chi connectivity index (χ2v) is 8.17. The number of amides is 2. The van der Waals surface area contributed by atoms with Crippen molar-refractivity contribution in [1.82, 2.24) is 4.90 Å². The Morgan fingerprint density at radius 3 is 2.50 bits per heavy atom. The molecule has 1 heterocycles. The van der Waals surface area contributed by atoms with E-state index in [1.807, 2.05) is 17.0 Å². The van der Waals surface area contributed by atoms with E-state index in [1.165, 1.54) is 16.8 Å². The van der Waals surface area contributed by atoms with Gasteiger partial charge in [0.05, 0.1) is 0 Å². The molecule has 1 saturated heterocycles. The SMILES string of the molecule is Cc1cccc(N2CCN(C(=O)COc3cccc(NC(=O)C4CC4)c3)CC2)c1C. The minimum Gasteiger partial charge on any atom is -0.484 e. The maximum atomic E-state index is 12.6. The predicted molar refractivity (Wildman–Crippen MR) is 118 cm³/mol. The molecule has 1 N–H and O–H groups in total. The molecule has 1 saturated carbocycles. The van der Waals surface area contributed by atoms with Gasteiger partial charge in [0.1, 0.15) is 5.75 Å². The summed E-state index contributed by atoms with van der Waals surface area (Å²) in [6.45, 7) is 7.29. The van der Waals surface area contributed by atoms with Gasteiger partial charge < -0.3 is 19.9 Å². The molecular formula is C24H29N3O3. The number of ether oxygens (including phenoxy) is 1. The molecule has 2 aromatic rings. The Hall–Kier alpha value is -3.02. The standard InChI is InChI=1S/C24H29N3O3/c1-17-5-3-8-22(18(17)2)26-11-13-27(14-12-26)23(28)16-30-21-7-4-6-20(15-21)25-24(29)19-9-10-19/h3-8,15,19H,9-14,16H2,1-2H3,(H,25,29). The fourth-order valence-corrected chi connectivity index (χ4v) is 3.76. The van der Waals surface area contributed by atoms with Gasteiger partial charge in [-0.05, 0) is 56.0 Å². The van der Waals surface area contributed by atoms with Crippen LogP contribution in [0.4, 0.5) is 11.4 Å². The van der Waals surface area contributed by atoms with Crippen LogP contribution in [-0.2, 0) is 9.59 Å². The highest BCUT2D eigenvalue weighted by Crippen LogP contribution is 2.30. The first-order chi connectivity index (χ1) is 14.5. The van der Waals surface area contributed by atoms with Crippen LogP contribution in [0, 0.1) is 19.8 Å². The van der Waals surface area contributed by atoms with Crippen molar-refractivity contribution in [3.8, 4) is 5.75 Å². The lowest BCUT2D eigenvalue weighted by Crippen LogP contribution is -2.50. The topological polar surface area (TPSA) is 61.9 Å². The van der Waals surface area contributed by atoms with Crippen LogP contribution in [0.3, 0.4) is 0 Å². The van der Waals surface area contributed by atoms with Crippen LogP contribution in [0.1, 0.15) is 24.0 Å². The van der Waals surface area contributed by atoms with Crippen LogP contribution in [0.15, 0.2) is 42.5 Å². The Morgan fingerprint density at radius 1 is 1.03 bits per heavy atom. The van der Waals surface area contributed by atoms with E-state index in [-0.39, 0.29) is 24.3 Å². The van der Waals surface area contributed by atoms with Crippen molar-refractivity contribution in [3.05, 3.63) is 53.6 Å². The summed E-state index contributed by atoms with van der Waals surface area (Å²) in [6.07, 6.45) is 1.93. The molecule has 2 amide bonds. The summed E-state index contributed by atoms with van der Waals surface area (Å²) >= 11 is 0. The highest BCUT2D eigenvalue weighted by Gasteiger charge is 2.29. The number of nitrogens with one attached hydrogen (secondary N) is 1. The molecule has 2 aromatic carbocycles. The number of carbonyl (C=O) groups excluding carboxylic acids is 2. The summed E-state index contributed by atoms with van der Waals surface area (Å²) in [7, 11) is 0. The third kappa shape index (κ3) is 4.75. The molecule has 6 heteroatoms. The van der Waals surface area contributed by atoms with Gasteiger partial charge in [-0.25, -0.2) is 0 Å². The number of piperazine rings is 1. The van der Waals surface area contributed by atoms with Gasteiger partial charge in [0.15, 0.2) is 6.61 Å². The van der Waals surface area contributed by atoms with Gasteiger partial charge in [0, 0.05) is 49.5 Å². The second-order valence-electron chi connectivity index (χ2n) is 8.17. The largest absolute Gasteiger partial charge is 0.484 e. The molecule has 1 aliphatic carbocycles. The van der Waals surface area contributed by atoms with E-state index >= 15 is 0 Å². The van der Waals surface area contributed by atoms with Gasteiger partial charge in [-0.15, -0.1) is 0 Å². The number of nitrogens with zero attached hydrogens (tertiary/aromatic N) is 2. The molecule has 1 aliphatic heterocycles. The maximum absolute atomic E-state index is 12.6. The molecular weight excluding hydrogens is 378 g/mol. The Labute approximate surface area is 177 Å². The first-order valence-corrected chi connectivity index (χ1v) is 10.6. The van der Waals surface area contributed by atoms with Crippen LogP contribution in [0.5, 0.6) is 5.75 Å². The van der Waals surface area contributed by atoms with Gasteiger partial charge in [-0.3, -0.25) is 9.59 Å². The fourth-order valence-electron chi connectivity index (χ4n) is 3.76. The van der Waals surface area contributed by atoms with Crippen molar-refractivity contribution in [1.29, 1.82) is 0 Å². The summed E-state index contributed by atoms with van der Waals surface area (Å²) in [5.74, 6) is 0.789. The van der Waals surface area contributed by atoms with Gasteiger partial charge in [-0.2, -0.15) is 0 Å². The molecule has 0 bridgehead atoms. The summed E-state index contributed by atoms with van der Waals surface area (Å²) in [5.41, 5.74) is 4.55. The Kier molecular flexibility index (Phi) is 5.93. The molecule has 2 aliphatic rings. The van der Waals surface area contributed by atoms with E-state index in [4.69, 9.17) is 4.74 Å². The average molecular weight is 408 g/mol. The van der Waals surface area contributed by atoms with E-state index in [1.54, 1.807) is 12.1 Å². The molecule has 0 aromatic heterocycles. The van der Waals surface area contributed by atoms with Gasteiger partial charge >= 0.3 is 0 Å². The smallest absolute Gasteiger partial charge is 0.260 e. The van der Waals surface area contributed by atoms with Crippen LogP contribution < -0.4 is 15.0 Å². The molecule has 6 nitrogen and oxygen atoms in total. The number of rotatable bonds is 6. The van der Waals surface area contributed by atoms with Crippen LogP contribution in [0.25, 0.3) is 0 Å². The molecule has 4 rings (SSSR count). The summed E-state index contributed by atoms with van der Waals surface area (Å²) in [6, 6.07) is 13.6. The maximum Gasteiger partial charge on any atom is 0.260 e. The third-order valence-corrected chi connectivity index (χ3v) is 5.96. The van der Waals surface area contributed by atoms with E-state index in [0.717, 1.165) is 25.9 Å². The van der Waals surface area contributed by atoms with E-state index < -0.39 is 0 Å². The molecule has 30 heavy (non-hydrogen) atoms. The minimum atomic E-state index is -0.0111. The van der Waals surface area contributed by atoms with Crippen molar-refractivity contribution >= 4 is 23.2 Å². The Balaban J connectivity index is 1.27. The number of hydrogen-bond acceptors (Lipinski definition) is 4. The van der Waals surface area contributed by atoms with E-state index in [9.17, 15) is 9.59 Å². The molecule has 0 atom stereocenters. The third-order valence-electron chi connectivity index (χ3n) is 5.96. The normalized spacial score (nSPS) is 16.3. The number of anilines is 2. The van der Waals surface area contributed by atoms with Gasteiger partial charge in [0.25, 0.3) is 5.91 Å². The lowest BCUT2D eigenvalue weighted by Gasteiger charge is -2.37. The Bertz CT molecular complexity index is 931. The quantitative estimate of drug-likeness (QED) is 0.798. The molecule has 0 unspecified atom stereocenters.